The first-order chi connectivity index (χ1) is 15.1. The molecule has 170 valence electrons. The van der Waals surface area contributed by atoms with E-state index in [2.05, 4.69) is 10.3 Å². The summed E-state index contributed by atoms with van der Waals surface area (Å²) in [6, 6.07) is 6.42. The number of aliphatic hydroxyl groups is 1. The van der Waals surface area contributed by atoms with Crippen LogP contribution in [0, 0.1) is 6.92 Å². The Labute approximate surface area is 183 Å². The molecule has 1 spiro atoms. The third-order valence-corrected chi connectivity index (χ3v) is 6.34. The van der Waals surface area contributed by atoms with Gasteiger partial charge in [-0.15, -0.1) is 0 Å². The average Bonchev–Trinajstić information content (AvgIpc) is 3.18. The van der Waals surface area contributed by atoms with Crippen LogP contribution in [0.2, 0.25) is 0 Å². The number of hydrogen-bond acceptors (Lipinski definition) is 5. The van der Waals surface area contributed by atoms with Gasteiger partial charge in [-0.05, 0) is 25.3 Å². The lowest BCUT2D eigenvalue weighted by atomic mass is 9.80. The van der Waals surface area contributed by atoms with Crippen LogP contribution in [0.1, 0.15) is 47.6 Å². The first-order valence-electron chi connectivity index (χ1n) is 10.4. The number of hydrogen-bond donors (Lipinski definition) is 2. The fourth-order valence-corrected chi connectivity index (χ4v) is 4.57. The number of amides is 3. The van der Waals surface area contributed by atoms with E-state index in [4.69, 9.17) is 0 Å². The number of imide groups is 1. The molecule has 1 aliphatic heterocycles. The van der Waals surface area contributed by atoms with E-state index in [9.17, 15) is 28.3 Å². The first kappa shape index (κ1) is 22.1. The summed E-state index contributed by atoms with van der Waals surface area (Å²) >= 11 is 0. The van der Waals surface area contributed by atoms with Crippen LogP contribution in [0.15, 0.2) is 24.3 Å². The maximum Gasteiger partial charge on any atom is 0.325 e. The molecular formula is C22H24F2N4O4. The van der Waals surface area contributed by atoms with Gasteiger partial charge in [-0.25, -0.2) is 18.6 Å². The van der Waals surface area contributed by atoms with Crippen LogP contribution in [0.5, 0.6) is 0 Å². The zero-order valence-corrected chi connectivity index (χ0v) is 17.8. The van der Waals surface area contributed by atoms with Crippen molar-refractivity contribution < 1.29 is 28.3 Å². The van der Waals surface area contributed by atoms with E-state index in [1.807, 2.05) is 12.1 Å². The average molecular weight is 446 g/mol. The molecule has 0 radical (unpaired) electrons. The molecule has 0 atom stereocenters. The Morgan fingerprint density at radius 2 is 1.84 bits per heavy atom. The van der Waals surface area contributed by atoms with Gasteiger partial charge in [-0.1, -0.05) is 24.3 Å². The fourth-order valence-electron chi connectivity index (χ4n) is 4.57. The third-order valence-electron chi connectivity index (χ3n) is 6.34. The number of rotatable bonds is 5. The number of aliphatic hydroxyl groups excluding tert-OH is 1. The molecule has 1 saturated carbocycles. The second kappa shape index (κ2) is 7.77. The number of ketones is 1. The van der Waals surface area contributed by atoms with Crippen LogP contribution in [-0.2, 0) is 18.4 Å². The van der Waals surface area contributed by atoms with Crippen molar-refractivity contribution in [3.63, 3.8) is 0 Å². The van der Waals surface area contributed by atoms with Gasteiger partial charge in [0, 0.05) is 25.5 Å². The summed E-state index contributed by atoms with van der Waals surface area (Å²) in [5, 5.41) is 12.2. The van der Waals surface area contributed by atoms with Crippen LogP contribution in [-0.4, -0.2) is 55.3 Å². The molecule has 10 heteroatoms. The van der Waals surface area contributed by atoms with Gasteiger partial charge >= 0.3 is 6.03 Å². The molecule has 1 saturated heterocycles. The maximum atomic E-state index is 13.6. The van der Waals surface area contributed by atoms with E-state index in [-0.39, 0.29) is 25.3 Å². The van der Waals surface area contributed by atoms with E-state index < -0.39 is 48.6 Å². The van der Waals surface area contributed by atoms with E-state index in [1.165, 1.54) is 0 Å². The Bertz CT molecular complexity index is 1100. The van der Waals surface area contributed by atoms with Gasteiger partial charge in [0.15, 0.2) is 5.82 Å². The van der Waals surface area contributed by atoms with Gasteiger partial charge in [-0.3, -0.25) is 14.5 Å². The van der Waals surface area contributed by atoms with E-state index in [0.29, 0.717) is 17.0 Å². The molecule has 2 fully saturated rings. The molecule has 1 aromatic heterocycles. The number of benzene rings is 1. The summed E-state index contributed by atoms with van der Waals surface area (Å²) < 4.78 is 28.7. The molecule has 2 aromatic rings. The molecule has 2 aliphatic rings. The molecule has 3 amide bonds. The molecule has 2 heterocycles. The van der Waals surface area contributed by atoms with Gasteiger partial charge in [0.25, 0.3) is 5.91 Å². The summed E-state index contributed by atoms with van der Waals surface area (Å²) in [4.78, 5) is 43.5. The zero-order valence-electron chi connectivity index (χ0n) is 17.8. The molecule has 0 bridgehead atoms. The van der Waals surface area contributed by atoms with Crippen molar-refractivity contribution in [3.8, 4) is 11.3 Å². The lowest BCUT2D eigenvalue weighted by Crippen LogP contribution is -2.51. The first-order valence-corrected chi connectivity index (χ1v) is 10.4. The highest BCUT2D eigenvalue weighted by molar-refractivity contribution is 6.10. The Kier molecular flexibility index (Phi) is 5.36. The van der Waals surface area contributed by atoms with E-state index >= 15 is 0 Å². The largest absolute Gasteiger partial charge is 0.392 e. The molecule has 2 N–H and O–H groups in total. The van der Waals surface area contributed by atoms with Crippen molar-refractivity contribution in [2.45, 2.75) is 50.7 Å². The molecule has 0 unspecified atom stereocenters. The minimum absolute atomic E-state index is 0.0574. The predicted molar refractivity (Wildman–Crippen MR) is 110 cm³/mol. The standard InChI is InChI=1S/C22H24F2N4O4/c1-13-17(15-6-4-3-5-14(15)12-29)27(2)18(25-13)16(30)11-28-19(31)21(26-20(28)32)7-9-22(23,24)10-8-21/h3-6,29H,7-12H2,1-2H3,(H,26,32). The van der Waals surface area contributed by atoms with Crippen molar-refractivity contribution in [2.24, 2.45) is 7.05 Å². The van der Waals surface area contributed by atoms with E-state index in [1.54, 1.807) is 30.7 Å². The number of carbonyl (C=O) groups is 3. The number of carbonyl (C=O) groups excluding carboxylic acids is 3. The molecule has 1 aromatic carbocycles. The number of aryl methyl sites for hydroxylation is 1. The highest BCUT2D eigenvalue weighted by Gasteiger charge is 2.55. The number of halogens is 2. The van der Waals surface area contributed by atoms with Crippen LogP contribution < -0.4 is 5.32 Å². The summed E-state index contributed by atoms with van der Waals surface area (Å²) in [6.07, 6.45) is -1.32. The Morgan fingerprint density at radius 3 is 2.50 bits per heavy atom. The van der Waals surface area contributed by atoms with Crippen LogP contribution in [0.3, 0.4) is 0 Å². The highest BCUT2D eigenvalue weighted by Crippen LogP contribution is 2.41. The van der Waals surface area contributed by atoms with Gasteiger partial charge in [0.1, 0.15) is 5.54 Å². The predicted octanol–water partition coefficient (Wildman–Crippen LogP) is 2.57. The lowest BCUT2D eigenvalue weighted by molar-refractivity contribution is -0.135. The molecule has 8 nitrogen and oxygen atoms in total. The van der Waals surface area contributed by atoms with Crippen molar-refractivity contribution in [1.82, 2.24) is 19.8 Å². The monoisotopic (exact) mass is 446 g/mol. The normalized spacial score (nSPS) is 19.5. The van der Waals surface area contributed by atoms with Crippen molar-refractivity contribution in [2.75, 3.05) is 6.54 Å². The topological polar surface area (TPSA) is 105 Å². The number of urea groups is 1. The minimum Gasteiger partial charge on any atom is -0.392 e. The Morgan fingerprint density at radius 1 is 1.19 bits per heavy atom. The molecule has 4 rings (SSSR count). The van der Waals surface area contributed by atoms with Gasteiger partial charge in [-0.2, -0.15) is 0 Å². The molecule has 32 heavy (non-hydrogen) atoms. The minimum atomic E-state index is -2.86. The fraction of sp³-hybridized carbons (Fsp3) is 0.455. The number of Topliss-reactive ketones (excluding diaryl/α,β-unsaturated/α-hetero) is 1. The summed E-state index contributed by atoms with van der Waals surface area (Å²) in [6.45, 7) is 1.01. The Balaban J connectivity index is 1.58. The van der Waals surface area contributed by atoms with Crippen LogP contribution >= 0.6 is 0 Å². The molecular weight excluding hydrogens is 422 g/mol. The lowest BCUT2D eigenvalue weighted by Gasteiger charge is -2.34. The second-order valence-electron chi connectivity index (χ2n) is 8.43. The van der Waals surface area contributed by atoms with Gasteiger partial charge in [0.05, 0.1) is 24.5 Å². The number of aromatic nitrogens is 2. The van der Waals surface area contributed by atoms with Gasteiger partial charge < -0.3 is 15.0 Å². The molecule has 1 aliphatic carbocycles. The second-order valence-corrected chi connectivity index (χ2v) is 8.43. The number of nitrogens with one attached hydrogen (secondary N) is 1. The smallest absolute Gasteiger partial charge is 0.325 e. The summed E-state index contributed by atoms with van der Waals surface area (Å²) in [7, 11) is 1.65. The Hall–Kier alpha value is -3.14. The van der Waals surface area contributed by atoms with Crippen molar-refractivity contribution in [3.05, 3.63) is 41.3 Å². The zero-order chi connectivity index (χ0) is 23.3. The van der Waals surface area contributed by atoms with Crippen LogP contribution in [0.4, 0.5) is 13.6 Å². The number of nitrogens with zero attached hydrogens (tertiary/aromatic N) is 3. The SMILES string of the molecule is Cc1nc(C(=O)CN2C(=O)NC3(CCC(F)(F)CC3)C2=O)n(C)c1-c1ccccc1CO. The summed E-state index contributed by atoms with van der Waals surface area (Å²) in [5.41, 5.74) is 1.21. The highest BCUT2D eigenvalue weighted by atomic mass is 19.3. The van der Waals surface area contributed by atoms with Crippen molar-refractivity contribution >= 4 is 17.7 Å². The number of alkyl halides is 2. The maximum absolute atomic E-state index is 13.6. The van der Waals surface area contributed by atoms with Crippen LogP contribution in [0.25, 0.3) is 11.3 Å². The number of imidazole rings is 1. The third kappa shape index (κ3) is 3.58. The van der Waals surface area contributed by atoms with Crippen molar-refractivity contribution in [1.29, 1.82) is 0 Å². The quantitative estimate of drug-likeness (QED) is 0.543. The van der Waals surface area contributed by atoms with Gasteiger partial charge in [0.2, 0.25) is 11.7 Å². The van der Waals surface area contributed by atoms with E-state index in [0.717, 1.165) is 10.5 Å². The summed E-state index contributed by atoms with van der Waals surface area (Å²) in [5.74, 6) is -4.00.